The maximum absolute atomic E-state index is 11.4. The van der Waals surface area contributed by atoms with Crippen LogP contribution in [0.4, 0.5) is 0 Å². The lowest BCUT2D eigenvalue weighted by Crippen LogP contribution is -2.45. The summed E-state index contributed by atoms with van der Waals surface area (Å²) >= 11 is 0. The third kappa shape index (κ3) is 5.98. The van der Waals surface area contributed by atoms with E-state index in [1.165, 1.54) is 7.11 Å². The van der Waals surface area contributed by atoms with Crippen molar-refractivity contribution in [3.8, 4) is 0 Å². The van der Waals surface area contributed by atoms with Gasteiger partial charge in [-0.1, -0.05) is 30.3 Å². The van der Waals surface area contributed by atoms with E-state index < -0.39 is 17.9 Å². The Morgan fingerprint density at radius 1 is 1.32 bits per heavy atom. The van der Waals surface area contributed by atoms with Crippen LogP contribution in [0, 0.1) is 0 Å². The second-order valence-corrected chi connectivity index (χ2v) is 3.93. The summed E-state index contributed by atoms with van der Waals surface area (Å²) in [6.45, 7) is 0.0770. The van der Waals surface area contributed by atoms with Crippen molar-refractivity contribution in [2.24, 2.45) is 5.73 Å². The molecule has 0 bridgehead atoms. The highest BCUT2D eigenvalue weighted by atomic mass is 16.5. The maximum Gasteiger partial charge on any atom is 0.325 e. The molecule has 0 aromatic heterocycles. The summed E-state index contributed by atoms with van der Waals surface area (Å²) < 4.78 is 9.73. The van der Waals surface area contributed by atoms with Crippen molar-refractivity contribution in [1.29, 1.82) is 0 Å². The minimum absolute atomic E-state index is 0.102. The van der Waals surface area contributed by atoms with Crippen LogP contribution in [-0.2, 0) is 25.7 Å². The van der Waals surface area contributed by atoms with Gasteiger partial charge in [0.2, 0.25) is 5.91 Å². The highest BCUT2D eigenvalue weighted by Crippen LogP contribution is 2.00. The van der Waals surface area contributed by atoms with Crippen molar-refractivity contribution < 1.29 is 19.1 Å². The molecule has 0 saturated carbocycles. The van der Waals surface area contributed by atoms with Crippen LogP contribution in [-0.4, -0.2) is 38.2 Å². The molecule has 0 aliphatic carbocycles. The Morgan fingerprint density at radius 3 is 2.63 bits per heavy atom. The first-order valence-corrected chi connectivity index (χ1v) is 5.85. The summed E-state index contributed by atoms with van der Waals surface area (Å²) in [6.07, 6.45) is 0. The molecule has 19 heavy (non-hydrogen) atoms. The number of hydrogen-bond acceptors (Lipinski definition) is 5. The molecule has 6 nitrogen and oxygen atoms in total. The van der Waals surface area contributed by atoms with Crippen LogP contribution < -0.4 is 11.1 Å². The van der Waals surface area contributed by atoms with Gasteiger partial charge in [0.15, 0.2) is 0 Å². The molecule has 1 unspecified atom stereocenters. The molecule has 1 atom stereocenters. The molecule has 1 rings (SSSR count). The van der Waals surface area contributed by atoms with E-state index in [4.69, 9.17) is 15.2 Å². The monoisotopic (exact) mass is 266 g/mol. The van der Waals surface area contributed by atoms with Crippen molar-refractivity contribution in [1.82, 2.24) is 5.32 Å². The summed E-state index contributed by atoms with van der Waals surface area (Å²) in [6, 6.07) is 8.50. The predicted molar refractivity (Wildman–Crippen MR) is 69.1 cm³/mol. The molecule has 3 N–H and O–H groups in total. The topological polar surface area (TPSA) is 90.6 Å². The van der Waals surface area contributed by atoms with Gasteiger partial charge >= 0.3 is 5.97 Å². The lowest BCUT2D eigenvalue weighted by atomic mass is 10.2. The first kappa shape index (κ1) is 15.1. The smallest absolute Gasteiger partial charge is 0.325 e. The molecular weight excluding hydrogens is 248 g/mol. The quantitative estimate of drug-likeness (QED) is 0.668. The van der Waals surface area contributed by atoms with E-state index in [0.717, 1.165) is 5.56 Å². The van der Waals surface area contributed by atoms with Gasteiger partial charge in [-0.05, 0) is 5.56 Å². The SMILES string of the molecule is COCC(N)C(=O)NCC(=O)OCc1ccccc1. The summed E-state index contributed by atoms with van der Waals surface area (Å²) in [5.74, 6) is -0.958. The first-order chi connectivity index (χ1) is 9.13. The predicted octanol–water partition coefficient (Wildman–Crippen LogP) is -0.180. The fourth-order valence-electron chi connectivity index (χ4n) is 1.33. The van der Waals surface area contributed by atoms with Gasteiger partial charge in [0.1, 0.15) is 19.2 Å². The number of carbonyl (C=O) groups is 2. The minimum atomic E-state index is -0.785. The summed E-state index contributed by atoms with van der Waals surface area (Å²) in [5, 5.41) is 2.38. The number of esters is 1. The van der Waals surface area contributed by atoms with Gasteiger partial charge in [-0.25, -0.2) is 0 Å². The second-order valence-electron chi connectivity index (χ2n) is 3.93. The van der Waals surface area contributed by atoms with E-state index in [9.17, 15) is 9.59 Å². The number of amides is 1. The number of ether oxygens (including phenoxy) is 2. The highest BCUT2D eigenvalue weighted by molar-refractivity contribution is 5.85. The van der Waals surface area contributed by atoms with E-state index in [0.29, 0.717) is 0 Å². The van der Waals surface area contributed by atoms with Crippen molar-refractivity contribution >= 4 is 11.9 Å². The van der Waals surface area contributed by atoms with E-state index in [2.05, 4.69) is 5.32 Å². The van der Waals surface area contributed by atoms with Crippen LogP contribution >= 0.6 is 0 Å². The summed E-state index contributed by atoms with van der Waals surface area (Å²) in [4.78, 5) is 22.8. The minimum Gasteiger partial charge on any atom is -0.460 e. The molecule has 1 amide bonds. The average molecular weight is 266 g/mol. The zero-order valence-electron chi connectivity index (χ0n) is 10.8. The van der Waals surface area contributed by atoms with Crippen LogP contribution in [0.15, 0.2) is 30.3 Å². The Labute approximate surface area is 111 Å². The molecule has 0 aliphatic rings. The number of hydrogen-bond donors (Lipinski definition) is 2. The van der Waals surface area contributed by atoms with Gasteiger partial charge < -0.3 is 20.5 Å². The van der Waals surface area contributed by atoms with Crippen molar-refractivity contribution in [3.05, 3.63) is 35.9 Å². The first-order valence-electron chi connectivity index (χ1n) is 5.85. The Hall–Kier alpha value is -1.92. The lowest BCUT2D eigenvalue weighted by Gasteiger charge is -2.11. The van der Waals surface area contributed by atoms with Gasteiger partial charge in [0.05, 0.1) is 6.61 Å². The summed E-state index contributed by atoms with van der Waals surface area (Å²) in [5.41, 5.74) is 6.38. The number of carbonyl (C=O) groups excluding carboxylic acids is 2. The molecule has 0 saturated heterocycles. The van der Waals surface area contributed by atoms with Crippen molar-refractivity contribution in [2.75, 3.05) is 20.3 Å². The van der Waals surface area contributed by atoms with Crippen LogP contribution in [0.2, 0.25) is 0 Å². The largest absolute Gasteiger partial charge is 0.460 e. The molecule has 0 fully saturated rings. The molecule has 0 spiro atoms. The fourth-order valence-corrected chi connectivity index (χ4v) is 1.33. The Bertz CT molecular complexity index is 408. The third-order valence-electron chi connectivity index (χ3n) is 2.33. The molecule has 0 aliphatic heterocycles. The van der Waals surface area contributed by atoms with Gasteiger partial charge in [-0.2, -0.15) is 0 Å². The number of methoxy groups -OCH3 is 1. The molecule has 0 radical (unpaired) electrons. The van der Waals surface area contributed by atoms with Crippen LogP contribution in [0.1, 0.15) is 5.56 Å². The molecule has 1 aromatic carbocycles. The Kier molecular flexibility index (Phi) is 6.56. The number of rotatable bonds is 7. The van der Waals surface area contributed by atoms with Crippen LogP contribution in [0.25, 0.3) is 0 Å². The van der Waals surface area contributed by atoms with Gasteiger partial charge in [0.25, 0.3) is 0 Å². The fraction of sp³-hybridized carbons (Fsp3) is 0.385. The molecule has 1 aromatic rings. The van der Waals surface area contributed by atoms with Crippen LogP contribution in [0.3, 0.4) is 0 Å². The van der Waals surface area contributed by atoms with Crippen molar-refractivity contribution in [2.45, 2.75) is 12.6 Å². The molecule has 6 heteroatoms. The average Bonchev–Trinajstić information content (AvgIpc) is 2.43. The molecular formula is C13H18N2O4. The Morgan fingerprint density at radius 2 is 2.00 bits per heavy atom. The van der Waals surface area contributed by atoms with E-state index in [-0.39, 0.29) is 19.8 Å². The van der Waals surface area contributed by atoms with Gasteiger partial charge in [0, 0.05) is 7.11 Å². The van der Waals surface area contributed by atoms with Crippen LogP contribution in [0.5, 0.6) is 0 Å². The standard InChI is InChI=1S/C13H18N2O4/c1-18-9-11(14)13(17)15-7-12(16)19-8-10-5-3-2-4-6-10/h2-6,11H,7-9,14H2,1H3,(H,15,17). The molecule has 104 valence electrons. The van der Waals surface area contributed by atoms with Gasteiger partial charge in [-0.15, -0.1) is 0 Å². The van der Waals surface area contributed by atoms with E-state index >= 15 is 0 Å². The number of benzene rings is 1. The molecule has 0 heterocycles. The van der Waals surface area contributed by atoms with Crippen molar-refractivity contribution in [3.63, 3.8) is 0 Å². The third-order valence-corrected chi connectivity index (χ3v) is 2.33. The normalized spacial score (nSPS) is 11.7. The Balaban J connectivity index is 2.23. The summed E-state index contributed by atoms with van der Waals surface area (Å²) in [7, 11) is 1.45. The highest BCUT2D eigenvalue weighted by Gasteiger charge is 2.14. The lowest BCUT2D eigenvalue weighted by molar-refractivity contribution is -0.145. The van der Waals surface area contributed by atoms with E-state index in [1.807, 2.05) is 30.3 Å². The van der Waals surface area contributed by atoms with Gasteiger partial charge in [-0.3, -0.25) is 9.59 Å². The zero-order valence-corrected chi connectivity index (χ0v) is 10.8. The maximum atomic E-state index is 11.4. The van der Waals surface area contributed by atoms with E-state index in [1.54, 1.807) is 0 Å². The zero-order chi connectivity index (χ0) is 14.1. The second kappa shape index (κ2) is 8.23. The number of nitrogens with two attached hydrogens (primary N) is 1. The number of nitrogens with one attached hydrogen (secondary N) is 1.